The Bertz CT molecular complexity index is 481. The van der Waals surface area contributed by atoms with Crippen LogP contribution in [0.1, 0.15) is 68.0 Å². The molecule has 2 rings (SSSR count). The van der Waals surface area contributed by atoms with Crippen LogP contribution >= 0.6 is 22.7 Å². The molecule has 3 heteroatoms. The second kappa shape index (κ2) is 7.81. The highest BCUT2D eigenvalue weighted by atomic mass is 32.1. The molecule has 0 saturated heterocycles. The van der Waals surface area contributed by atoms with E-state index >= 15 is 0 Å². The molecule has 2 aromatic rings. The Balaban J connectivity index is 1.66. The summed E-state index contributed by atoms with van der Waals surface area (Å²) in [6, 6.07) is 4.17. The molecule has 0 N–H and O–H groups in total. The van der Waals surface area contributed by atoms with Gasteiger partial charge in [0.05, 0.1) is 4.88 Å². The molecule has 0 bridgehead atoms. The third kappa shape index (κ3) is 4.43. The van der Waals surface area contributed by atoms with Crippen molar-refractivity contribution in [2.45, 2.75) is 58.3 Å². The number of hydrogen-bond donors (Lipinski definition) is 0. The summed E-state index contributed by atoms with van der Waals surface area (Å²) >= 11 is 3.37. The SMILES string of the molecule is CCCCCCCCCC(=O)c1cc2sccc2s1. The maximum atomic E-state index is 12.1. The summed E-state index contributed by atoms with van der Waals surface area (Å²) in [6.07, 6.45) is 9.60. The molecular weight excluding hydrogens is 272 g/mol. The van der Waals surface area contributed by atoms with Crippen LogP contribution in [0, 0.1) is 0 Å². The summed E-state index contributed by atoms with van der Waals surface area (Å²) in [4.78, 5) is 13.0. The lowest BCUT2D eigenvalue weighted by Crippen LogP contribution is -1.95. The Morgan fingerprint density at radius 1 is 1.05 bits per heavy atom. The molecule has 104 valence electrons. The molecule has 2 aromatic heterocycles. The van der Waals surface area contributed by atoms with Crippen molar-refractivity contribution in [3.8, 4) is 0 Å². The maximum Gasteiger partial charge on any atom is 0.172 e. The number of thiophene rings is 2. The van der Waals surface area contributed by atoms with E-state index in [1.165, 1.54) is 47.9 Å². The molecule has 0 aliphatic carbocycles. The number of fused-ring (bicyclic) bond motifs is 1. The van der Waals surface area contributed by atoms with Crippen LogP contribution in [0.4, 0.5) is 0 Å². The molecule has 0 amide bonds. The summed E-state index contributed by atoms with van der Waals surface area (Å²) in [5.74, 6) is 0.335. The van der Waals surface area contributed by atoms with E-state index in [0.717, 1.165) is 17.7 Å². The zero-order valence-corrected chi connectivity index (χ0v) is 13.2. The number of carbonyl (C=O) groups excluding carboxylic acids is 1. The number of rotatable bonds is 9. The second-order valence-electron chi connectivity index (χ2n) is 5.05. The third-order valence-electron chi connectivity index (χ3n) is 3.42. The van der Waals surface area contributed by atoms with Gasteiger partial charge in [-0.05, 0) is 23.9 Å². The van der Waals surface area contributed by atoms with Crippen LogP contribution in [0.25, 0.3) is 9.40 Å². The normalized spacial score (nSPS) is 11.2. The molecule has 0 aliphatic heterocycles. The van der Waals surface area contributed by atoms with Crippen molar-refractivity contribution in [2.75, 3.05) is 0 Å². The summed E-state index contributed by atoms with van der Waals surface area (Å²) in [5, 5.41) is 2.09. The van der Waals surface area contributed by atoms with Crippen LogP contribution in [-0.2, 0) is 0 Å². The van der Waals surface area contributed by atoms with E-state index in [1.54, 1.807) is 22.7 Å². The minimum Gasteiger partial charge on any atom is -0.293 e. The van der Waals surface area contributed by atoms with Gasteiger partial charge in [0.1, 0.15) is 0 Å². The lowest BCUT2D eigenvalue weighted by Gasteiger charge is -2.00. The van der Waals surface area contributed by atoms with Crippen LogP contribution < -0.4 is 0 Å². The Morgan fingerprint density at radius 3 is 2.53 bits per heavy atom. The van der Waals surface area contributed by atoms with Crippen molar-refractivity contribution < 1.29 is 4.79 Å². The standard InChI is InChI=1S/C16H22OS2/c1-2-3-4-5-6-7-8-9-13(17)15-12-16-14(19-15)10-11-18-16/h10-12H,2-9H2,1H3. The fourth-order valence-corrected chi connectivity index (χ4v) is 4.35. The molecule has 0 spiro atoms. The van der Waals surface area contributed by atoms with E-state index < -0.39 is 0 Å². The van der Waals surface area contributed by atoms with Crippen molar-refractivity contribution in [2.24, 2.45) is 0 Å². The summed E-state index contributed by atoms with van der Waals surface area (Å²) in [6.45, 7) is 2.24. The van der Waals surface area contributed by atoms with Crippen molar-refractivity contribution in [1.29, 1.82) is 0 Å². The summed E-state index contributed by atoms with van der Waals surface area (Å²) in [7, 11) is 0. The first kappa shape index (κ1) is 14.7. The van der Waals surface area contributed by atoms with Crippen molar-refractivity contribution >= 4 is 37.9 Å². The van der Waals surface area contributed by atoms with E-state index in [-0.39, 0.29) is 0 Å². The lowest BCUT2D eigenvalue weighted by molar-refractivity contribution is 0.0983. The first-order valence-corrected chi connectivity index (χ1v) is 9.01. The van der Waals surface area contributed by atoms with E-state index in [2.05, 4.69) is 24.4 Å². The molecule has 19 heavy (non-hydrogen) atoms. The first-order chi connectivity index (χ1) is 9.31. The van der Waals surface area contributed by atoms with Crippen molar-refractivity contribution in [3.05, 3.63) is 22.4 Å². The van der Waals surface area contributed by atoms with Crippen molar-refractivity contribution in [3.63, 3.8) is 0 Å². The van der Waals surface area contributed by atoms with Crippen LogP contribution in [0.5, 0.6) is 0 Å². The van der Waals surface area contributed by atoms with Gasteiger partial charge < -0.3 is 0 Å². The van der Waals surface area contributed by atoms with Crippen LogP contribution in [0.15, 0.2) is 17.5 Å². The van der Waals surface area contributed by atoms with E-state index in [0.29, 0.717) is 5.78 Å². The zero-order chi connectivity index (χ0) is 13.5. The maximum absolute atomic E-state index is 12.1. The minimum absolute atomic E-state index is 0.335. The Morgan fingerprint density at radius 2 is 1.79 bits per heavy atom. The molecule has 0 atom stereocenters. The van der Waals surface area contributed by atoms with Gasteiger partial charge >= 0.3 is 0 Å². The van der Waals surface area contributed by atoms with E-state index in [4.69, 9.17) is 0 Å². The number of carbonyl (C=O) groups is 1. The molecule has 0 aromatic carbocycles. The van der Waals surface area contributed by atoms with Gasteiger partial charge in [-0.3, -0.25) is 4.79 Å². The number of unbranched alkanes of at least 4 members (excludes halogenated alkanes) is 6. The number of hydrogen-bond acceptors (Lipinski definition) is 3. The van der Waals surface area contributed by atoms with Gasteiger partial charge in [0.2, 0.25) is 0 Å². The zero-order valence-electron chi connectivity index (χ0n) is 11.6. The predicted molar refractivity (Wildman–Crippen MR) is 86.6 cm³/mol. The smallest absolute Gasteiger partial charge is 0.172 e. The Kier molecular flexibility index (Phi) is 6.05. The quantitative estimate of drug-likeness (QED) is 0.392. The molecule has 0 unspecified atom stereocenters. The van der Waals surface area contributed by atoms with Crippen LogP contribution in [0.3, 0.4) is 0 Å². The van der Waals surface area contributed by atoms with Gasteiger partial charge in [-0.1, -0.05) is 45.4 Å². The van der Waals surface area contributed by atoms with E-state index in [1.807, 2.05) is 0 Å². The minimum atomic E-state index is 0.335. The van der Waals surface area contributed by atoms with Crippen LogP contribution in [0.2, 0.25) is 0 Å². The second-order valence-corrected chi connectivity index (χ2v) is 7.09. The van der Waals surface area contributed by atoms with Gasteiger partial charge in [-0.25, -0.2) is 0 Å². The predicted octanol–water partition coefficient (Wildman–Crippen LogP) is 6.29. The van der Waals surface area contributed by atoms with Gasteiger partial charge in [0, 0.05) is 15.8 Å². The lowest BCUT2D eigenvalue weighted by atomic mass is 10.1. The van der Waals surface area contributed by atoms with Crippen LogP contribution in [-0.4, -0.2) is 5.78 Å². The first-order valence-electron chi connectivity index (χ1n) is 7.31. The van der Waals surface area contributed by atoms with Gasteiger partial charge in [-0.2, -0.15) is 0 Å². The fourth-order valence-electron chi connectivity index (χ4n) is 2.27. The molecule has 0 aliphatic rings. The third-order valence-corrected chi connectivity index (χ3v) is 5.56. The Labute approximate surface area is 123 Å². The Hall–Kier alpha value is -0.670. The van der Waals surface area contributed by atoms with E-state index in [9.17, 15) is 4.79 Å². The molecule has 2 heterocycles. The highest BCUT2D eigenvalue weighted by molar-refractivity contribution is 7.27. The number of Topliss-reactive ketones (excluding diaryl/α,β-unsaturated/α-hetero) is 1. The highest BCUT2D eigenvalue weighted by Crippen LogP contribution is 2.30. The summed E-state index contributed by atoms with van der Waals surface area (Å²) < 4.78 is 2.51. The van der Waals surface area contributed by atoms with Gasteiger partial charge in [-0.15, -0.1) is 22.7 Å². The molecule has 1 nitrogen and oxygen atoms in total. The fraction of sp³-hybridized carbons (Fsp3) is 0.562. The molecule has 0 radical (unpaired) electrons. The average molecular weight is 294 g/mol. The van der Waals surface area contributed by atoms with Gasteiger partial charge in [0.15, 0.2) is 5.78 Å². The topological polar surface area (TPSA) is 17.1 Å². The molecule has 0 fully saturated rings. The average Bonchev–Trinajstić information content (AvgIpc) is 2.98. The molecule has 0 saturated carbocycles. The monoisotopic (exact) mass is 294 g/mol. The largest absolute Gasteiger partial charge is 0.293 e. The van der Waals surface area contributed by atoms with Crippen molar-refractivity contribution in [1.82, 2.24) is 0 Å². The highest BCUT2D eigenvalue weighted by Gasteiger charge is 2.10. The summed E-state index contributed by atoms with van der Waals surface area (Å²) in [5.41, 5.74) is 0. The number of ketones is 1. The van der Waals surface area contributed by atoms with Gasteiger partial charge in [0.25, 0.3) is 0 Å². The molecular formula is C16H22OS2.